The highest BCUT2D eigenvalue weighted by atomic mass is 16.3. The zero-order valence-corrected chi connectivity index (χ0v) is 11.7. The van der Waals surface area contributed by atoms with Crippen LogP contribution in [0, 0.1) is 0 Å². The van der Waals surface area contributed by atoms with Crippen molar-refractivity contribution in [2.24, 2.45) is 0 Å². The summed E-state index contributed by atoms with van der Waals surface area (Å²) in [6.45, 7) is 3.38. The lowest BCUT2D eigenvalue weighted by molar-refractivity contribution is -0.140. The molecule has 0 radical (unpaired) electrons. The van der Waals surface area contributed by atoms with E-state index in [4.69, 9.17) is 0 Å². The number of nitrogens with one attached hydrogen (secondary N) is 1. The average molecular weight is 254 g/mol. The summed E-state index contributed by atoms with van der Waals surface area (Å²) in [6.07, 6.45) is 6.96. The van der Waals surface area contributed by atoms with Crippen molar-refractivity contribution in [1.29, 1.82) is 0 Å². The second-order valence-electron chi connectivity index (χ2n) is 6.31. The molecule has 2 N–H and O–H groups in total. The van der Waals surface area contributed by atoms with Gasteiger partial charge in [0.2, 0.25) is 5.91 Å². The molecule has 2 rings (SSSR count). The molecular formula is C14H26N2O2. The van der Waals surface area contributed by atoms with Crippen LogP contribution in [-0.4, -0.2) is 47.2 Å². The molecule has 0 spiro atoms. The van der Waals surface area contributed by atoms with Crippen LogP contribution >= 0.6 is 0 Å². The summed E-state index contributed by atoms with van der Waals surface area (Å²) >= 11 is 0. The number of nitrogens with zero attached hydrogens (tertiary/aromatic N) is 1. The molecule has 1 saturated heterocycles. The number of aliphatic hydroxyl groups is 1. The first-order valence-corrected chi connectivity index (χ1v) is 7.18. The first kappa shape index (κ1) is 13.8. The lowest BCUT2D eigenvalue weighted by atomic mass is 9.89. The Labute approximate surface area is 110 Å². The van der Waals surface area contributed by atoms with E-state index in [1.807, 2.05) is 14.0 Å². The van der Waals surface area contributed by atoms with Crippen molar-refractivity contribution in [2.45, 2.75) is 63.0 Å². The minimum atomic E-state index is -0.643. The second kappa shape index (κ2) is 5.17. The van der Waals surface area contributed by atoms with Gasteiger partial charge in [-0.25, -0.2) is 0 Å². The fourth-order valence-corrected chi connectivity index (χ4v) is 3.36. The molecule has 1 aliphatic carbocycles. The van der Waals surface area contributed by atoms with Crippen LogP contribution in [0.5, 0.6) is 0 Å². The van der Waals surface area contributed by atoms with Crippen molar-refractivity contribution >= 4 is 5.91 Å². The molecule has 1 unspecified atom stereocenters. The fraction of sp³-hybridized carbons (Fsp3) is 0.929. The number of hydrogen-bond donors (Lipinski definition) is 2. The molecule has 2 aliphatic rings. The van der Waals surface area contributed by atoms with Crippen molar-refractivity contribution in [2.75, 3.05) is 20.1 Å². The summed E-state index contributed by atoms with van der Waals surface area (Å²) in [5.41, 5.74) is -1.07. The van der Waals surface area contributed by atoms with Gasteiger partial charge in [0.25, 0.3) is 0 Å². The summed E-state index contributed by atoms with van der Waals surface area (Å²) in [7, 11) is 1.82. The number of likely N-dealkylation sites (N-methyl/N-ethyl adjacent to an activating group) is 1. The number of carbonyl (C=O) groups excluding carboxylic acids is 1. The van der Waals surface area contributed by atoms with Gasteiger partial charge in [-0.1, -0.05) is 12.8 Å². The number of hydrogen-bond acceptors (Lipinski definition) is 3. The highest BCUT2D eigenvalue weighted by Gasteiger charge is 2.40. The van der Waals surface area contributed by atoms with Crippen molar-refractivity contribution < 1.29 is 9.90 Å². The zero-order valence-electron chi connectivity index (χ0n) is 11.7. The largest absolute Gasteiger partial charge is 0.388 e. The molecule has 4 nitrogen and oxygen atoms in total. The summed E-state index contributed by atoms with van der Waals surface area (Å²) in [4.78, 5) is 14.2. The molecule has 1 heterocycles. The van der Waals surface area contributed by atoms with Crippen LogP contribution in [0.2, 0.25) is 0 Å². The van der Waals surface area contributed by atoms with E-state index in [1.54, 1.807) is 4.90 Å². The highest BCUT2D eigenvalue weighted by molar-refractivity contribution is 5.86. The second-order valence-corrected chi connectivity index (χ2v) is 6.31. The fourth-order valence-electron chi connectivity index (χ4n) is 3.36. The molecule has 2 fully saturated rings. The average Bonchev–Trinajstić information content (AvgIpc) is 2.75. The normalized spacial score (nSPS) is 31.3. The van der Waals surface area contributed by atoms with Crippen LogP contribution in [0.4, 0.5) is 0 Å². The van der Waals surface area contributed by atoms with Gasteiger partial charge in [0.1, 0.15) is 0 Å². The van der Waals surface area contributed by atoms with Crippen LogP contribution in [0.25, 0.3) is 0 Å². The maximum atomic E-state index is 12.5. The summed E-state index contributed by atoms with van der Waals surface area (Å²) in [5.74, 6) is 0.127. The predicted octanol–water partition coefficient (Wildman–Crippen LogP) is 1.28. The number of rotatable bonds is 3. The van der Waals surface area contributed by atoms with Crippen LogP contribution in [0.1, 0.15) is 51.9 Å². The maximum Gasteiger partial charge on any atom is 0.242 e. The SMILES string of the molecule is CN(CC1(O)CCCC1)C(=O)C1(C)CCCCN1. The molecule has 18 heavy (non-hydrogen) atoms. The maximum absolute atomic E-state index is 12.5. The molecule has 4 heteroatoms. The lowest BCUT2D eigenvalue weighted by Crippen LogP contribution is -2.59. The Bertz CT molecular complexity index is 305. The monoisotopic (exact) mass is 254 g/mol. The minimum Gasteiger partial charge on any atom is -0.388 e. The van der Waals surface area contributed by atoms with E-state index in [9.17, 15) is 9.90 Å². The Hall–Kier alpha value is -0.610. The van der Waals surface area contributed by atoms with E-state index >= 15 is 0 Å². The van der Waals surface area contributed by atoms with E-state index in [0.29, 0.717) is 6.54 Å². The van der Waals surface area contributed by atoms with Gasteiger partial charge in [0, 0.05) is 13.6 Å². The topological polar surface area (TPSA) is 52.6 Å². The van der Waals surface area contributed by atoms with Crippen LogP contribution in [-0.2, 0) is 4.79 Å². The Morgan fingerprint density at radius 3 is 2.39 bits per heavy atom. The van der Waals surface area contributed by atoms with E-state index in [2.05, 4.69) is 5.32 Å². The van der Waals surface area contributed by atoms with Gasteiger partial charge in [0.15, 0.2) is 0 Å². The van der Waals surface area contributed by atoms with Gasteiger partial charge in [-0.3, -0.25) is 4.79 Å². The summed E-state index contributed by atoms with van der Waals surface area (Å²) in [6, 6.07) is 0. The van der Waals surface area contributed by atoms with Gasteiger partial charge in [-0.15, -0.1) is 0 Å². The molecule has 0 bridgehead atoms. The van der Waals surface area contributed by atoms with Crippen molar-refractivity contribution in [1.82, 2.24) is 10.2 Å². The molecule has 1 amide bonds. The summed E-state index contributed by atoms with van der Waals surface area (Å²) in [5, 5.41) is 13.7. The number of piperidine rings is 1. The Morgan fingerprint density at radius 2 is 1.83 bits per heavy atom. The van der Waals surface area contributed by atoms with E-state index in [0.717, 1.165) is 51.5 Å². The molecule has 1 atom stereocenters. The molecule has 0 aromatic carbocycles. The van der Waals surface area contributed by atoms with Gasteiger partial charge >= 0.3 is 0 Å². The van der Waals surface area contributed by atoms with Crippen molar-refractivity contribution in [3.8, 4) is 0 Å². The predicted molar refractivity (Wildman–Crippen MR) is 71.3 cm³/mol. The summed E-state index contributed by atoms with van der Waals surface area (Å²) < 4.78 is 0. The molecule has 0 aromatic heterocycles. The first-order valence-electron chi connectivity index (χ1n) is 7.18. The zero-order chi connectivity index (χ0) is 13.2. The van der Waals surface area contributed by atoms with Crippen LogP contribution < -0.4 is 5.32 Å². The quantitative estimate of drug-likeness (QED) is 0.798. The van der Waals surface area contributed by atoms with E-state index in [1.165, 1.54) is 0 Å². The number of amides is 1. The molecule has 0 aromatic rings. The third kappa shape index (κ3) is 2.86. The van der Waals surface area contributed by atoms with Gasteiger partial charge in [-0.2, -0.15) is 0 Å². The Morgan fingerprint density at radius 1 is 1.22 bits per heavy atom. The lowest BCUT2D eigenvalue weighted by Gasteiger charge is -2.38. The Balaban J connectivity index is 1.95. The van der Waals surface area contributed by atoms with E-state index < -0.39 is 11.1 Å². The van der Waals surface area contributed by atoms with Gasteiger partial charge < -0.3 is 15.3 Å². The van der Waals surface area contributed by atoms with Crippen molar-refractivity contribution in [3.05, 3.63) is 0 Å². The van der Waals surface area contributed by atoms with Gasteiger partial charge in [-0.05, 0) is 45.6 Å². The smallest absolute Gasteiger partial charge is 0.242 e. The standard InChI is InChI=1S/C14H26N2O2/c1-13(7-5-6-10-15-13)12(17)16(2)11-14(18)8-3-4-9-14/h15,18H,3-11H2,1-2H3. The van der Waals surface area contributed by atoms with Gasteiger partial charge in [0.05, 0.1) is 11.1 Å². The third-order valence-electron chi connectivity index (χ3n) is 4.50. The minimum absolute atomic E-state index is 0.127. The van der Waals surface area contributed by atoms with E-state index in [-0.39, 0.29) is 5.91 Å². The molecule has 1 aliphatic heterocycles. The van der Waals surface area contributed by atoms with Crippen LogP contribution in [0.3, 0.4) is 0 Å². The number of carbonyl (C=O) groups is 1. The molecular weight excluding hydrogens is 228 g/mol. The van der Waals surface area contributed by atoms with Crippen LogP contribution in [0.15, 0.2) is 0 Å². The third-order valence-corrected chi connectivity index (χ3v) is 4.50. The highest BCUT2D eigenvalue weighted by Crippen LogP contribution is 2.31. The molecule has 1 saturated carbocycles. The van der Waals surface area contributed by atoms with Crippen molar-refractivity contribution in [3.63, 3.8) is 0 Å². The first-order chi connectivity index (χ1) is 8.45. The molecule has 104 valence electrons. The Kier molecular flexibility index (Phi) is 3.97.